The van der Waals surface area contributed by atoms with Crippen LogP contribution >= 0.6 is 11.6 Å². The van der Waals surface area contributed by atoms with E-state index in [1.807, 2.05) is 0 Å². The average molecular weight is 242 g/mol. The Labute approximate surface area is 98.3 Å². The Morgan fingerprint density at radius 1 is 1.44 bits per heavy atom. The maximum atomic E-state index is 10.9. The van der Waals surface area contributed by atoms with Gasteiger partial charge in [0.15, 0.2) is 0 Å². The number of rotatable bonds is 3. The lowest BCUT2D eigenvalue weighted by atomic mass is 10.2. The zero-order valence-corrected chi connectivity index (χ0v) is 9.35. The van der Waals surface area contributed by atoms with Gasteiger partial charge in [-0.2, -0.15) is 0 Å². The van der Waals surface area contributed by atoms with Gasteiger partial charge < -0.3 is 9.94 Å². The van der Waals surface area contributed by atoms with Crippen LogP contribution in [0.5, 0.6) is 5.75 Å². The van der Waals surface area contributed by atoms with Crippen molar-refractivity contribution in [3.63, 3.8) is 0 Å². The second-order valence-electron chi connectivity index (χ2n) is 3.68. The third kappa shape index (κ3) is 2.46. The van der Waals surface area contributed by atoms with Gasteiger partial charge in [0.05, 0.1) is 0 Å². The monoisotopic (exact) mass is 241 g/mol. The normalized spacial score (nSPS) is 20.9. The van der Waals surface area contributed by atoms with Gasteiger partial charge >= 0.3 is 5.97 Å². The molecule has 86 valence electrons. The molecule has 0 amide bonds. The van der Waals surface area contributed by atoms with Gasteiger partial charge in [-0.15, -0.1) is 5.06 Å². The van der Waals surface area contributed by atoms with E-state index in [0.717, 1.165) is 6.42 Å². The van der Waals surface area contributed by atoms with Crippen LogP contribution in [0.4, 0.5) is 0 Å². The van der Waals surface area contributed by atoms with Crippen LogP contribution in [0.25, 0.3) is 0 Å². The fourth-order valence-electron chi connectivity index (χ4n) is 1.73. The van der Waals surface area contributed by atoms with Crippen LogP contribution in [0.1, 0.15) is 12.8 Å². The molecule has 1 aromatic rings. The molecule has 0 radical (unpaired) electrons. The lowest BCUT2D eigenvalue weighted by Gasteiger charge is -2.21. The molecule has 16 heavy (non-hydrogen) atoms. The molecule has 1 atom stereocenters. The number of carboxylic acids is 1. The van der Waals surface area contributed by atoms with Crippen LogP contribution in [0.15, 0.2) is 24.3 Å². The van der Waals surface area contributed by atoms with Crippen molar-refractivity contribution in [3.8, 4) is 5.75 Å². The lowest BCUT2D eigenvalue weighted by molar-refractivity contribution is -0.154. The van der Waals surface area contributed by atoms with E-state index in [9.17, 15) is 4.79 Å². The van der Waals surface area contributed by atoms with Crippen LogP contribution in [0, 0.1) is 0 Å². The Morgan fingerprint density at radius 3 is 2.75 bits per heavy atom. The van der Waals surface area contributed by atoms with E-state index in [-0.39, 0.29) is 0 Å². The maximum Gasteiger partial charge on any atom is 0.324 e. The smallest absolute Gasteiger partial charge is 0.324 e. The van der Waals surface area contributed by atoms with Gasteiger partial charge in [0.1, 0.15) is 11.8 Å². The summed E-state index contributed by atoms with van der Waals surface area (Å²) >= 11 is 5.74. The van der Waals surface area contributed by atoms with Gasteiger partial charge in [-0.25, -0.2) is 0 Å². The lowest BCUT2D eigenvalue weighted by Crippen LogP contribution is -2.38. The summed E-state index contributed by atoms with van der Waals surface area (Å²) in [5.41, 5.74) is 0. The van der Waals surface area contributed by atoms with Gasteiger partial charge in [0.25, 0.3) is 0 Å². The highest BCUT2D eigenvalue weighted by molar-refractivity contribution is 6.30. The molecule has 2 rings (SSSR count). The van der Waals surface area contributed by atoms with Crippen LogP contribution in [-0.4, -0.2) is 28.7 Å². The van der Waals surface area contributed by atoms with Crippen LogP contribution in [0.3, 0.4) is 0 Å². The minimum Gasteiger partial charge on any atom is -0.480 e. The van der Waals surface area contributed by atoms with Crippen molar-refractivity contribution in [1.29, 1.82) is 0 Å². The Kier molecular flexibility index (Phi) is 3.31. The van der Waals surface area contributed by atoms with Gasteiger partial charge in [0, 0.05) is 11.6 Å². The van der Waals surface area contributed by atoms with E-state index in [4.69, 9.17) is 21.5 Å². The molecule has 1 fully saturated rings. The van der Waals surface area contributed by atoms with Crippen molar-refractivity contribution in [2.45, 2.75) is 18.9 Å². The quantitative estimate of drug-likeness (QED) is 0.881. The van der Waals surface area contributed by atoms with Crippen molar-refractivity contribution < 1.29 is 14.7 Å². The number of halogens is 1. The molecule has 1 N–H and O–H groups in total. The number of hydrogen-bond donors (Lipinski definition) is 1. The first-order valence-corrected chi connectivity index (χ1v) is 5.47. The first-order valence-electron chi connectivity index (χ1n) is 5.10. The zero-order valence-electron chi connectivity index (χ0n) is 8.60. The standard InChI is InChI=1S/C11H12ClNO3/c12-8-3-5-9(6-4-8)16-13-7-1-2-10(13)11(14)15/h3-6,10H,1-2,7H2,(H,14,15). The highest BCUT2D eigenvalue weighted by Crippen LogP contribution is 2.22. The summed E-state index contributed by atoms with van der Waals surface area (Å²) in [6.45, 7) is 0.638. The second-order valence-corrected chi connectivity index (χ2v) is 4.12. The molecule has 1 unspecified atom stereocenters. The van der Waals surface area contributed by atoms with Crippen molar-refractivity contribution in [2.24, 2.45) is 0 Å². The number of aliphatic carboxylic acids is 1. The first kappa shape index (κ1) is 11.2. The van der Waals surface area contributed by atoms with E-state index in [1.54, 1.807) is 24.3 Å². The molecule has 0 spiro atoms. The number of benzene rings is 1. The average Bonchev–Trinajstić information content (AvgIpc) is 2.69. The van der Waals surface area contributed by atoms with E-state index < -0.39 is 12.0 Å². The Morgan fingerprint density at radius 2 is 2.12 bits per heavy atom. The van der Waals surface area contributed by atoms with Gasteiger partial charge in [0.2, 0.25) is 0 Å². The minimum absolute atomic E-state index is 0.546. The molecule has 1 saturated heterocycles. The number of carbonyl (C=O) groups is 1. The minimum atomic E-state index is -0.841. The van der Waals surface area contributed by atoms with Crippen LogP contribution in [0.2, 0.25) is 5.02 Å². The molecule has 0 aliphatic carbocycles. The number of carboxylic acid groups (broad SMARTS) is 1. The third-order valence-corrected chi connectivity index (χ3v) is 2.78. The predicted molar refractivity (Wildman–Crippen MR) is 59.4 cm³/mol. The summed E-state index contributed by atoms with van der Waals surface area (Å²) in [5.74, 6) is -0.232. The van der Waals surface area contributed by atoms with Gasteiger partial charge in [-0.05, 0) is 37.1 Å². The van der Waals surface area contributed by atoms with E-state index in [2.05, 4.69) is 0 Å². The molecule has 4 nitrogen and oxygen atoms in total. The summed E-state index contributed by atoms with van der Waals surface area (Å²) in [7, 11) is 0. The number of hydroxylamine groups is 2. The highest BCUT2D eigenvalue weighted by Gasteiger charge is 2.32. The Hall–Kier alpha value is -1.26. The maximum absolute atomic E-state index is 10.9. The Balaban J connectivity index is 2.03. The summed E-state index contributed by atoms with van der Waals surface area (Å²) < 4.78 is 0. The van der Waals surface area contributed by atoms with Gasteiger partial charge in [-0.1, -0.05) is 11.6 Å². The molecular formula is C11H12ClNO3. The van der Waals surface area contributed by atoms with E-state index >= 15 is 0 Å². The van der Waals surface area contributed by atoms with Crippen molar-refractivity contribution >= 4 is 17.6 Å². The molecule has 1 heterocycles. The summed E-state index contributed by atoms with van der Waals surface area (Å²) in [4.78, 5) is 16.4. The van der Waals surface area contributed by atoms with E-state index in [0.29, 0.717) is 23.7 Å². The first-order chi connectivity index (χ1) is 7.66. The van der Waals surface area contributed by atoms with Gasteiger partial charge in [-0.3, -0.25) is 4.79 Å². The van der Waals surface area contributed by atoms with Crippen molar-refractivity contribution in [1.82, 2.24) is 5.06 Å². The fourth-order valence-corrected chi connectivity index (χ4v) is 1.85. The molecular weight excluding hydrogens is 230 g/mol. The molecule has 1 aliphatic heterocycles. The fraction of sp³-hybridized carbons (Fsp3) is 0.364. The van der Waals surface area contributed by atoms with E-state index in [1.165, 1.54) is 5.06 Å². The molecule has 0 saturated carbocycles. The second kappa shape index (κ2) is 4.72. The molecule has 5 heteroatoms. The molecule has 0 aromatic heterocycles. The van der Waals surface area contributed by atoms with Crippen LogP contribution in [-0.2, 0) is 4.79 Å². The summed E-state index contributed by atoms with van der Waals surface area (Å²) in [6.07, 6.45) is 1.47. The van der Waals surface area contributed by atoms with Crippen molar-refractivity contribution in [3.05, 3.63) is 29.3 Å². The molecule has 1 aromatic carbocycles. The third-order valence-electron chi connectivity index (χ3n) is 2.53. The SMILES string of the molecule is O=C(O)C1CCCN1Oc1ccc(Cl)cc1. The molecule has 1 aliphatic rings. The number of nitrogens with zero attached hydrogens (tertiary/aromatic N) is 1. The van der Waals surface area contributed by atoms with Crippen molar-refractivity contribution in [2.75, 3.05) is 6.54 Å². The summed E-state index contributed by atoms with van der Waals surface area (Å²) in [6, 6.07) is 6.32. The topological polar surface area (TPSA) is 49.8 Å². The predicted octanol–water partition coefficient (Wildman–Crippen LogP) is 2.18. The van der Waals surface area contributed by atoms with Crippen LogP contribution < -0.4 is 4.84 Å². The number of hydrogen-bond acceptors (Lipinski definition) is 3. The Bertz CT molecular complexity index is 379. The zero-order chi connectivity index (χ0) is 11.5. The highest BCUT2D eigenvalue weighted by atomic mass is 35.5. The largest absolute Gasteiger partial charge is 0.480 e. The summed E-state index contributed by atoms with van der Waals surface area (Å²) in [5, 5.41) is 11.1. The molecule has 0 bridgehead atoms.